The van der Waals surface area contributed by atoms with Gasteiger partial charge in [-0.1, -0.05) is 49.3 Å². The van der Waals surface area contributed by atoms with E-state index in [0.717, 1.165) is 56.8 Å². The van der Waals surface area contributed by atoms with Crippen LogP contribution in [0.2, 0.25) is 0 Å². The third-order valence-corrected chi connectivity index (χ3v) is 4.56. The van der Waals surface area contributed by atoms with E-state index in [0.29, 0.717) is 0 Å². The van der Waals surface area contributed by atoms with Crippen LogP contribution >= 0.6 is 0 Å². The van der Waals surface area contributed by atoms with Crippen LogP contribution in [-0.4, -0.2) is 52.7 Å². The molecule has 0 unspecified atom stereocenters. The maximum Gasteiger partial charge on any atom is 0.240 e. The van der Waals surface area contributed by atoms with Crippen molar-refractivity contribution in [3.63, 3.8) is 0 Å². The second-order valence-corrected chi connectivity index (χ2v) is 7.07. The van der Waals surface area contributed by atoms with Crippen LogP contribution in [0.4, 0.5) is 0 Å². The molecular formula is C19H28N4O. The molecule has 2 heterocycles. The average molecular weight is 328 g/mol. The van der Waals surface area contributed by atoms with Gasteiger partial charge in [-0.15, -0.1) is 0 Å². The van der Waals surface area contributed by atoms with Crippen molar-refractivity contribution in [1.82, 2.24) is 19.9 Å². The molecule has 0 atom stereocenters. The van der Waals surface area contributed by atoms with Gasteiger partial charge >= 0.3 is 0 Å². The molecule has 0 aliphatic carbocycles. The molecule has 0 spiro atoms. The number of hydrogen-bond donors (Lipinski definition) is 0. The lowest BCUT2D eigenvalue weighted by Gasteiger charge is -2.34. The molecule has 1 saturated heterocycles. The molecule has 0 N–H and O–H groups in total. The topological polar surface area (TPSA) is 45.4 Å². The lowest BCUT2D eigenvalue weighted by molar-refractivity contribution is 0.113. The van der Waals surface area contributed by atoms with Crippen molar-refractivity contribution < 1.29 is 4.52 Å². The standard InChI is InChI=1S/C19H28N4O/c1-16(2)8-9-22-10-12-23(13-11-22)15-19-20-18(21-24-19)14-17-6-4-3-5-7-17/h3-7,16H,8-15H2,1-2H3. The summed E-state index contributed by atoms with van der Waals surface area (Å²) in [4.78, 5) is 9.51. The molecule has 5 heteroatoms. The monoisotopic (exact) mass is 328 g/mol. The zero-order valence-corrected chi connectivity index (χ0v) is 14.8. The number of rotatable bonds is 7. The molecule has 1 aromatic heterocycles. The summed E-state index contributed by atoms with van der Waals surface area (Å²) < 4.78 is 5.43. The van der Waals surface area contributed by atoms with Gasteiger partial charge in [-0.2, -0.15) is 4.98 Å². The Hall–Kier alpha value is -1.72. The van der Waals surface area contributed by atoms with Gasteiger partial charge in [-0.25, -0.2) is 0 Å². The summed E-state index contributed by atoms with van der Waals surface area (Å²) in [6.07, 6.45) is 2.01. The number of hydrogen-bond acceptors (Lipinski definition) is 5. The smallest absolute Gasteiger partial charge is 0.240 e. The Balaban J connectivity index is 1.44. The fourth-order valence-corrected chi connectivity index (χ4v) is 3.01. The van der Waals surface area contributed by atoms with E-state index in [9.17, 15) is 0 Å². The average Bonchev–Trinajstić information content (AvgIpc) is 3.02. The molecule has 1 fully saturated rings. The molecule has 3 rings (SSSR count). The van der Waals surface area contributed by atoms with Gasteiger partial charge in [0.05, 0.1) is 6.54 Å². The molecule has 0 amide bonds. The lowest BCUT2D eigenvalue weighted by Crippen LogP contribution is -2.46. The first-order chi connectivity index (χ1) is 11.7. The number of benzene rings is 1. The lowest BCUT2D eigenvalue weighted by atomic mass is 10.1. The van der Waals surface area contributed by atoms with Gasteiger partial charge in [0.2, 0.25) is 5.89 Å². The van der Waals surface area contributed by atoms with Crippen LogP contribution in [0.15, 0.2) is 34.9 Å². The second kappa shape index (κ2) is 8.40. The molecule has 0 saturated carbocycles. The molecular weight excluding hydrogens is 300 g/mol. The second-order valence-electron chi connectivity index (χ2n) is 7.07. The fourth-order valence-electron chi connectivity index (χ4n) is 3.01. The van der Waals surface area contributed by atoms with Crippen LogP contribution in [0.3, 0.4) is 0 Å². The molecule has 130 valence electrons. The quantitative estimate of drug-likeness (QED) is 0.782. The van der Waals surface area contributed by atoms with Crippen LogP contribution in [0, 0.1) is 5.92 Å². The predicted octanol–water partition coefficient (Wildman–Crippen LogP) is 2.82. The molecule has 0 radical (unpaired) electrons. The van der Waals surface area contributed by atoms with E-state index in [-0.39, 0.29) is 0 Å². The Labute approximate surface area is 144 Å². The van der Waals surface area contributed by atoms with Gasteiger partial charge < -0.3 is 9.42 Å². The highest BCUT2D eigenvalue weighted by molar-refractivity contribution is 5.18. The van der Waals surface area contributed by atoms with Crippen LogP contribution < -0.4 is 0 Å². The first-order valence-electron chi connectivity index (χ1n) is 8.99. The van der Waals surface area contributed by atoms with Crippen LogP contribution in [-0.2, 0) is 13.0 Å². The number of piperazine rings is 1. The van der Waals surface area contributed by atoms with E-state index in [1.807, 2.05) is 18.2 Å². The highest BCUT2D eigenvalue weighted by Crippen LogP contribution is 2.11. The number of aromatic nitrogens is 2. The summed E-state index contributed by atoms with van der Waals surface area (Å²) in [5.41, 5.74) is 1.21. The van der Waals surface area contributed by atoms with Gasteiger partial charge in [0.1, 0.15) is 0 Å². The molecule has 1 aliphatic rings. The first kappa shape index (κ1) is 17.1. The van der Waals surface area contributed by atoms with Gasteiger partial charge in [-0.05, 0) is 24.4 Å². The minimum atomic E-state index is 0.729. The van der Waals surface area contributed by atoms with Crippen LogP contribution in [0.5, 0.6) is 0 Å². The Kier molecular flexibility index (Phi) is 5.99. The van der Waals surface area contributed by atoms with Gasteiger partial charge in [0.25, 0.3) is 0 Å². The molecule has 24 heavy (non-hydrogen) atoms. The predicted molar refractivity (Wildman–Crippen MR) is 94.7 cm³/mol. The van der Waals surface area contributed by atoms with Crippen LogP contribution in [0.25, 0.3) is 0 Å². The zero-order valence-electron chi connectivity index (χ0n) is 14.8. The van der Waals surface area contributed by atoms with E-state index in [2.05, 4.69) is 45.9 Å². The maximum absolute atomic E-state index is 5.43. The molecule has 2 aromatic rings. The van der Waals surface area contributed by atoms with Gasteiger partial charge in [0, 0.05) is 32.6 Å². The Morgan fingerprint density at radius 3 is 2.46 bits per heavy atom. The molecule has 1 aliphatic heterocycles. The highest BCUT2D eigenvalue weighted by atomic mass is 16.5. The molecule has 1 aromatic carbocycles. The summed E-state index contributed by atoms with van der Waals surface area (Å²) in [5.74, 6) is 2.28. The van der Waals surface area contributed by atoms with Crippen molar-refractivity contribution in [2.75, 3.05) is 32.7 Å². The third-order valence-electron chi connectivity index (χ3n) is 4.56. The van der Waals surface area contributed by atoms with Crippen molar-refractivity contribution >= 4 is 0 Å². The SMILES string of the molecule is CC(C)CCN1CCN(Cc2nc(Cc3ccccc3)no2)CC1. The number of nitrogens with zero attached hydrogens (tertiary/aromatic N) is 4. The van der Waals surface area contributed by atoms with E-state index >= 15 is 0 Å². The van der Waals surface area contributed by atoms with E-state index < -0.39 is 0 Å². The largest absolute Gasteiger partial charge is 0.338 e. The van der Waals surface area contributed by atoms with Crippen molar-refractivity contribution in [3.8, 4) is 0 Å². The van der Waals surface area contributed by atoms with Crippen molar-refractivity contribution in [2.24, 2.45) is 5.92 Å². The summed E-state index contributed by atoms with van der Waals surface area (Å²) in [5, 5.41) is 4.12. The van der Waals surface area contributed by atoms with E-state index in [4.69, 9.17) is 4.52 Å². The fraction of sp³-hybridized carbons (Fsp3) is 0.579. The minimum absolute atomic E-state index is 0.729. The summed E-state index contributed by atoms with van der Waals surface area (Å²) in [7, 11) is 0. The van der Waals surface area contributed by atoms with E-state index in [1.54, 1.807) is 0 Å². The Bertz CT molecular complexity index is 603. The van der Waals surface area contributed by atoms with Crippen molar-refractivity contribution in [3.05, 3.63) is 47.6 Å². The van der Waals surface area contributed by atoms with Crippen molar-refractivity contribution in [2.45, 2.75) is 33.2 Å². The zero-order chi connectivity index (χ0) is 16.8. The third kappa shape index (κ3) is 5.14. The summed E-state index contributed by atoms with van der Waals surface area (Å²) in [6, 6.07) is 10.3. The van der Waals surface area contributed by atoms with Crippen molar-refractivity contribution in [1.29, 1.82) is 0 Å². The molecule has 5 nitrogen and oxygen atoms in total. The first-order valence-corrected chi connectivity index (χ1v) is 8.99. The van der Waals surface area contributed by atoms with Gasteiger partial charge in [-0.3, -0.25) is 4.90 Å². The van der Waals surface area contributed by atoms with E-state index in [1.165, 1.54) is 18.5 Å². The van der Waals surface area contributed by atoms with Gasteiger partial charge in [0.15, 0.2) is 5.82 Å². The Morgan fingerprint density at radius 2 is 1.75 bits per heavy atom. The van der Waals surface area contributed by atoms with Crippen LogP contribution in [0.1, 0.15) is 37.5 Å². The summed E-state index contributed by atoms with van der Waals surface area (Å²) >= 11 is 0. The minimum Gasteiger partial charge on any atom is -0.338 e. The normalized spacial score (nSPS) is 16.8. The summed E-state index contributed by atoms with van der Waals surface area (Å²) in [6.45, 7) is 11.0. The molecule has 0 bridgehead atoms. The maximum atomic E-state index is 5.43. The highest BCUT2D eigenvalue weighted by Gasteiger charge is 2.19. The Morgan fingerprint density at radius 1 is 1.04 bits per heavy atom.